The fourth-order valence-corrected chi connectivity index (χ4v) is 1.11. The molecule has 2 heteroatoms. The maximum Gasteiger partial charge on any atom is 0.124 e. The van der Waals surface area contributed by atoms with Crippen LogP contribution in [0.25, 0.3) is 0 Å². The van der Waals surface area contributed by atoms with Gasteiger partial charge in [-0.05, 0) is 30.7 Å². The Morgan fingerprint density at radius 2 is 2.15 bits per heavy atom. The van der Waals surface area contributed by atoms with E-state index in [-0.39, 0.29) is 5.82 Å². The number of hydrogen-bond donors (Lipinski definition) is 0. The van der Waals surface area contributed by atoms with Crippen LogP contribution in [0.5, 0.6) is 0 Å². The Labute approximate surface area is 82.7 Å². The third-order valence-corrected chi connectivity index (χ3v) is 1.68. The lowest BCUT2D eigenvalue weighted by atomic mass is 10.1. The average molecular weight is 197 g/mol. The van der Waals surface area contributed by atoms with Gasteiger partial charge >= 0.3 is 0 Å². The first-order valence-corrected chi connectivity index (χ1v) is 4.58. The predicted octanol–water partition coefficient (Wildman–Crippen LogP) is 3.11. The van der Waals surface area contributed by atoms with Gasteiger partial charge in [-0.2, -0.15) is 0 Å². The van der Waals surface area contributed by atoms with E-state index in [9.17, 15) is 4.39 Å². The number of benzene rings is 1. The SMILES string of the molecule is Cc1cc(F)cc(C#CCCCl)c1. The highest BCUT2D eigenvalue weighted by Gasteiger charge is 1.93. The summed E-state index contributed by atoms with van der Waals surface area (Å²) >= 11 is 5.45. The quantitative estimate of drug-likeness (QED) is 0.478. The Morgan fingerprint density at radius 1 is 1.38 bits per heavy atom. The van der Waals surface area contributed by atoms with Crippen LogP contribution in [0.3, 0.4) is 0 Å². The standard InChI is InChI=1S/C11H10ClF/c1-9-6-10(4-2-3-5-12)8-11(13)7-9/h6-8H,3,5H2,1H3. The van der Waals surface area contributed by atoms with Crippen molar-refractivity contribution in [2.75, 3.05) is 5.88 Å². The van der Waals surface area contributed by atoms with E-state index in [1.54, 1.807) is 0 Å². The molecule has 0 saturated heterocycles. The zero-order valence-corrected chi connectivity index (χ0v) is 8.16. The summed E-state index contributed by atoms with van der Waals surface area (Å²) in [4.78, 5) is 0. The monoisotopic (exact) mass is 196 g/mol. The van der Waals surface area contributed by atoms with E-state index >= 15 is 0 Å². The molecule has 0 saturated carbocycles. The van der Waals surface area contributed by atoms with Crippen LogP contribution >= 0.6 is 11.6 Å². The van der Waals surface area contributed by atoms with Crippen molar-refractivity contribution < 1.29 is 4.39 Å². The number of aryl methyl sites for hydroxylation is 1. The second kappa shape index (κ2) is 4.89. The van der Waals surface area contributed by atoms with Crippen LogP contribution in [0, 0.1) is 24.6 Å². The Bertz CT molecular complexity index is 327. The second-order valence-electron chi connectivity index (χ2n) is 2.76. The molecule has 13 heavy (non-hydrogen) atoms. The lowest BCUT2D eigenvalue weighted by molar-refractivity contribution is 0.626. The van der Waals surface area contributed by atoms with Crippen molar-refractivity contribution in [3.63, 3.8) is 0 Å². The summed E-state index contributed by atoms with van der Waals surface area (Å²) in [5.74, 6) is 5.98. The minimum Gasteiger partial charge on any atom is -0.207 e. The van der Waals surface area contributed by atoms with Crippen molar-refractivity contribution in [1.29, 1.82) is 0 Å². The summed E-state index contributed by atoms with van der Waals surface area (Å²) in [5, 5.41) is 0. The van der Waals surface area contributed by atoms with Gasteiger partial charge in [0.2, 0.25) is 0 Å². The van der Waals surface area contributed by atoms with Crippen LogP contribution in [-0.4, -0.2) is 5.88 Å². The zero-order chi connectivity index (χ0) is 9.68. The van der Waals surface area contributed by atoms with Crippen LogP contribution in [0.4, 0.5) is 4.39 Å². The summed E-state index contributed by atoms with van der Waals surface area (Å²) in [6.07, 6.45) is 0.636. The molecule has 0 spiro atoms. The molecule has 68 valence electrons. The average Bonchev–Trinajstić information content (AvgIpc) is 2.03. The fourth-order valence-electron chi connectivity index (χ4n) is 1.02. The highest BCUT2D eigenvalue weighted by Crippen LogP contribution is 2.06. The van der Waals surface area contributed by atoms with Crippen LogP contribution < -0.4 is 0 Å². The van der Waals surface area contributed by atoms with Crippen molar-refractivity contribution in [2.24, 2.45) is 0 Å². The van der Waals surface area contributed by atoms with Crippen LogP contribution in [0.2, 0.25) is 0 Å². The van der Waals surface area contributed by atoms with E-state index < -0.39 is 0 Å². The third-order valence-electron chi connectivity index (χ3n) is 1.49. The molecule has 1 rings (SSSR count). The summed E-state index contributed by atoms with van der Waals surface area (Å²) in [6.45, 7) is 1.84. The lowest BCUT2D eigenvalue weighted by Gasteiger charge is -1.94. The van der Waals surface area contributed by atoms with Crippen molar-refractivity contribution in [3.8, 4) is 11.8 Å². The first-order chi connectivity index (χ1) is 6.22. The Balaban J connectivity index is 2.85. The largest absolute Gasteiger partial charge is 0.207 e. The summed E-state index contributed by atoms with van der Waals surface area (Å²) < 4.78 is 12.8. The van der Waals surface area contributed by atoms with E-state index in [1.807, 2.05) is 13.0 Å². The van der Waals surface area contributed by atoms with Crippen LogP contribution in [0.15, 0.2) is 18.2 Å². The van der Waals surface area contributed by atoms with E-state index in [1.165, 1.54) is 12.1 Å². The highest BCUT2D eigenvalue weighted by molar-refractivity contribution is 6.18. The maximum absolute atomic E-state index is 12.8. The highest BCUT2D eigenvalue weighted by atomic mass is 35.5. The Kier molecular flexibility index (Phi) is 3.79. The molecule has 0 aliphatic heterocycles. The van der Waals surface area contributed by atoms with Crippen LogP contribution in [0.1, 0.15) is 17.5 Å². The third kappa shape index (κ3) is 3.48. The number of alkyl halides is 1. The molecular formula is C11H10ClF. The van der Waals surface area contributed by atoms with Gasteiger partial charge in [-0.15, -0.1) is 11.6 Å². The first-order valence-electron chi connectivity index (χ1n) is 4.04. The normalized spacial score (nSPS) is 9.15. The second-order valence-corrected chi connectivity index (χ2v) is 3.14. The summed E-state index contributed by atoms with van der Waals surface area (Å²) in [7, 11) is 0. The molecule has 0 unspecified atom stereocenters. The molecule has 0 heterocycles. The number of halogens is 2. The van der Waals surface area contributed by atoms with Crippen LogP contribution in [-0.2, 0) is 0 Å². The summed E-state index contributed by atoms with van der Waals surface area (Å²) in [6, 6.07) is 4.76. The van der Waals surface area contributed by atoms with Gasteiger partial charge in [0.25, 0.3) is 0 Å². The Morgan fingerprint density at radius 3 is 2.77 bits per heavy atom. The van der Waals surface area contributed by atoms with Gasteiger partial charge in [0.1, 0.15) is 5.82 Å². The van der Waals surface area contributed by atoms with Crippen molar-refractivity contribution >= 4 is 11.6 Å². The lowest BCUT2D eigenvalue weighted by Crippen LogP contribution is -1.82. The molecule has 0 N–H and O–H groups in total. The smallest absolute Gasteiger partial charge is 0.124 e. The molecule has 0 amide bonds. The van der Waals surface area contributed by atoms with E-state index in [0.717, 1.165) is 5.56 Å². The molecule has 0 radical (unpaired) electrons. The Hall–Kier alpha value is -1.00. The fraction of sp³-hybridized carbons (Fsp3) is 0.273. The molecule has 1 aromatic carbocycles. The van der Waals surface area contributed by atoms with Crippen molar-refractivity contribution in [3.05, 3.63) is 35.1 Å². The molecule has 0 aliphatic carbocycles. The molecule has 0 aromatic heterocycles. The minimum absolute atomic E-state index is 0.241. The first kappa shape index (κ1) is 10.1. The molecule has 0 bridgehead atoms. The minimum atomic E-state index is -0.241. The number of rotatable bonds is 1. The van der Waals surface area contributed by atoms with Gasteiger partial charge < -0.3 is 0 Å². The molecule has 0 aliphatic rings. The van der Waals surface area contributed by atoms with Gasteiger partial charge in [-0.25, -0.2) is 4.39 Å². The molecular weight excluding hydrogens is 187 g/mol. The van der Waals surface area contributed by atoms with E-state index in [0.29, 0.717) is 17.9 Å². The van der Waals surface area contributed by atoms with Crippen molar-refractivity contribution in [2.45, 2.75) is 13.3 Å². The van der Waals surface area contributed by atoms with Gasteiger partial charge in [0.05, 0.1) is 0 Å². The van der Waals surface area contributed by atoms with Gasteiger partial charge in [-0.1, -0.05) is 11.8 Å². The van der Waals surface area contributed by atoms with Gasteiger partial charge in [-0.3, -0.25) is 0 Å². The zero-order valence-electron chi connectivity index (χ0n) is 7.40. The molecule has 1 aromatic rings. The molecule has 0 atom stereocenters. The topological polar surface area (TPSA) is 0 Å². The van der Waals surface area contributed by atoms with Gasteiger partial charge in [0, 0.05) is 17.9 Å². The van der Waals surface area contributed by atoms with E-state index in [4.69, 9.17) is 11.6 Å². The summed E-state index contributed by atoms with van der Waals surface area (Å²) in [5.41, 5.74) is 1.60. The molecule has 0 fully saturated rings. The maximum atomic E-state index is 12.8. The molecule has 0 nitrogen and oxygen atoms in total. The van der Waals surface area contributed by atoms with Crippen molar-refractivity contribution in [1.82, 2.24) is 0 Å². The predicted molar refractivity (Wildman–Crippen MR) is 53.4 cm³/mol. The van der Waals surface area contributed by atoms with E-state index in [2.05, 4.69) is 11.8 Å². The number of hydrogen-bond acceptors (Lipinski definition) is 0. The van der Waals surface area contributed by atoms with Gasteiger partial charge in [0.15, 0.2) is 0 Å².